The summed E-state index contributed by atoms with van der Waals surface area (Å²) in [5.41, 5.74) is 12.5. The molecule has 8 rings (SSSR count). The number of anilines is 2. The van der Waals surface area contributed by atoms with Crippen molar-refractivity contribution < 1.29 is 4.39 Å². The second-order valence-electron chi connectivity index (χ2n) is 12.4. The molecular formula is C38H37FN10. The molecule has 0 unspecified atom stereocenters. The van der Waals surface area contributed by atoms with Crippen LogP contribution in [0.25, 0.3) is 39.5 Å². The largest absolute Gasteiger partial charge is 0.383 e. The van der Waals surface area contributed by atoms with Crippen molar-refractivity contribution in [3.63, 3.8) is 0 Å². The normalized spacial score (nSPS) is 15.3. The molecule has 49 heavy (non-hydrogen) atoms. The lowest BCUT2D eigenvalue weighted by Crippen LogP contribution is -2.59. The summed E-state index contributed by atoms with van der Waals surface area (Å²) in [6.45, 7) is 8.89. The minimum atomic E-state index is -0.289. The first kappa shape index (κ1) is 31.8. The van der Waals surface area contributed by atoms with Crippen molar-refractivity contribution in [2.75, 3.05) is 36.8 Å². The zero-order valence-corrected chi connectivity index (χ0v) is 27.6. The average molecular weight is 653 g/mol. The molecule has 2 aromatic carbocycles. The maximum absolute atomic E-state index is 13.6. The van der Waals surface area contributed by atoms with Crippen LogP contribution in [0.4, 0.5) is 16.0 Å². The van der Waals surface area contributed by atoms with Crippen LogP contribution in [0.15, 0.2) is 91.3 Å². The minimum Gasteiger partial charge on any atom is -0.383 e. The van der Waals surface area contributed by atoms with Crippen LogP contribution in [0.2, 0.25) is 0 Å². The van der Waals surface area contributed by atoms with Gasteiger partial charge in [-0.05, 0) is 90.6 Å². The highest BCUT2D eigenvalue weighted by Crippen LogP contribution is 2.42. The smallest absolute Gasteiger partial charge is 0.234 e. The van der Waals surface area contributed by atoms with E-state index in [1.54, 1.807) is 24.5 Å². The number of hydrogen-bond donors (Lipinski definition) is 1. The first-order valence-electron chi connectivity index (χ1n) is 16.6. The zero-order chi connectivity index (χ0) is 34.0. The number of halogens is 1. The maximum Gasteiger partial charge on any atom is 0.234 e. The third-order valence-corrected chi connectivity index (χ3v) is 9.33. The van der Waals surface area contributed by atoms with E-state index in [0.717, 1.165) is 79.4 Å². The summed E-state index contributed by atoms with van der Waals surface area (Å²) in [6.07, 6.45) is 5.54. The number of rotatable bonds is 6. The second-order valence-corrected chi connectivity index (χ2v) is 12.4. The van der Waals surface area contributed by atoms with Crippen molar-refractivity contribution >= 4 is 22.8 Å². The Kier molecular flexibility index (Phi) is 8.72. The van der Waals surface area contributed by atoms with Gasteiger partial charge in [-0.15, -0.1) is 0 Å². The molecule has 246 valence electrons. The fraction of sp³-hybridized carbons (Fsp3) is 0.263. The van der Waals surface area contributed by atoms with Crippen molar-refractivity contribution in [1.82, 2.24) is 34.4 Å². The Labute approximate surface area is 284 Å². The minimum absolute atomic E-state index is 0.216. The number of benzene rings is 2. The molecule has 2 N–H and O–H groups in total. The first-order chi connectivity index (χ1) is 24.0. The molecule has 6 heterocycles. The van der Waals surface area contributed by atoms with Gasteiger partial charge in [-0.1, -0.05) is 26.0 Å². The lowest BCUT2D eigenvalue weighted by molar-refractivity contribution is -0.0240. The highest BCUT2D eigenvalue weighted by molar-refractivity contribution is 5.84. The Morgan fingerprint density at radius 3 is 2.33 bits per heavy atom. The summed E-state index contributed by atoms with van der Waals surface area (Å²) >= 11 is 0. The number of nitriles is 1. The van der Waals surface area contributed by atoms with Gasteiger partial charge in [-0.2, -0.15) is 5.26 Å². The van der Waals surface area contributed by atoms with E-state index in [2.05, 4.69) is 49.0 Å². The van der Waals surface area contributed by atoms with E-state index in [0.29, 0.717) is 22.7 Å². The third-order valence-electron chi connectivity index (χ3n) is 9.33. The number of piperidine rings is 1. The van der Waals surface area contributed by atoms with Gasteiger partial charge < -0.3 is 10.6 Å². The van der Waals surface area contributed by atoms with Crippen molar-refractivity contribution in [3.8, 4) is 34.4 Å². The van der Waals surface area contributed by atoms with Gasteiger partial charge >= 0.3 is 0 Å². The molecule has 10 nitrogen and oxygen atoms in total. The van der Waals surface area contributed by atoms with E-state index < -0.39 is 0 Å². The quantitative estimate of drug-likeness (QED) is 0.210. The average Bonchev–Trinajstić information content (AvgIpc) is 3.51. The molecule has 1 spiro atoms. The van der Waals surface area contributed by atoms with E-state index in [1.165, 1.54) is 17.7 Å². The van der Waals surface area contributed by atoms with Gasteiger partial charge in [0.05, 0.1) is 11.3 Å². The molecule has 2 fully saturated rings. The first-order valence-corrected chi connectivity index (χ1v) is 16.6. The summed E-state index contributed by atoms with van der Waals surface area (Å²) in [5, 5.41) is 9.15. The molecular weight excluding hydrogens is 615 g/mol. The van der Waals surface area contributed by atoms with Crippen LogP contribution in [-0.2, 0) is 6.54 Å². The summed E-state index contributed by atoms with van der Waals surface area (Å²) in [5.74, 6) is 1.81. The predicted molar refractivity (Wildman–Crippen MR) is 189 cm³/mol. The van der Waals surface area contributed by atoms with Crippen LogP contribution < -0.4 is 10.6 Å². The van der Waals surface area contributed by atoms with Crippen molar-refractivity contribution in [1.29, 1.82) is 5.26 Å². The maximum atomic E-state index is 13.6. The van der Waals surface area contributed by atoms with E-state index in [9.17, 15) is 4.39 Å². The number of likely N-dealkylation sites (tertiary alicyclic amines) is 1. The Hall–Kier alpha value is -5.73. The number of nitrogens with zero attached hydrogens (tertiary/aromatic N) is 9. The SMILES string of the molecule is CC.N#Cc1nccc(N2CCC3(CC2)CN(Cc2ccc(-n4c(-c5cccnc5N)nc5ccc(-c6ccc(F)cc6)nc54)cc2)C3)n1. The lowest BCUT2D eigenvalue weighted by atomic mass is 9.72. The van der Waals surface area contributed by atoms with E-state index in [4.69, 9.17) is 21.0 Å². The van der Waals surface area contributed by atoms with Crippen LogP contribution in [-0.4, -0.2) is 60.6 Å². The van der Waals surface area contributed by atoms with Crippen LogP contribution in [0, 0.1) is 22.6 Å². The van der Waals surface area contributed by atoms with Gasteiger partial charge in [0, 0.05) is 56.4 Å². The topological polar surface area (TPSA) is 126 Å². The van der Waals surface area contributed by atoms with Crippen molar-refractivity contribution in [2.45, 2.75) is 33.2 Å². The molecule has 0 atom stereocenters. The van der Waals surface area contributed by atoms with Crippen molar-refractivity contribution in [3.05, 3.63) is 108 Å². The monoisotopic (exact) mass is 652 g/mol. The van der Waals surface area contributed by atoms with Gasteiger partial charge in [0.2, 0.25) is 5.82 Å². The van der Waals surface area contributed by atoms with Gasteiger partial charge in [-0.3, -0.25) is 9.47 Å². The van der Waals surface area contributed by atoms with Crippen LogP contribution in [0.3, 0.4) is 0 Å². The number of fused-ring (bicyclic) bond motifs is 1. The molecule has 2 aliphatic heterocycles. The molecule has 0 amide bonds. The third kappa shape index (κ3) is 6.30. The van der Waals surface area contributed by atoms with Crippen LogP contribution in [0.1, 0.15) is 38.1 Å². The lowest BCUT2D eigenvalue weighted by Gasteiger charge is -2.54. The number of hydrogen-bond acceptors (Lipinski definition) is 9. The Balaban J connectivity index is 0.00000186. The summed E-state index contributed by atoms with van der Waals surface area (Å²) in [4.78, 5) is 27.4. The second kappa shape index (κ2) is 13.4. The van der Waals surface area contributed by atoms with Gasteiger partial charge in [0.15, 0.2) is 11.5 Å². The predicted octanol–water partition coefficient (Wildman–Crippen LogP) is 6.66. The van der Waals surface area contributed by atoms with Gasteiger partial charge in [0.25, 0.3) is 0 Å². The fourth-order valence-electron chi connectivity index (χ4n) is 6.90. The van der Waals surface area contributed by atoms with Gasteiger partial charge in [0.1, 0.15) is 29.0 Å². The number of pyridine rings is 2. The standard InChI is InChI=1S/C36H31FN10.C2H6/c37-26-7-5-25(6-8-26)29-11-12-30-35(42-29)47(34(43-30)28-2-1-16-41-33(28)39)27-9-3-24(4-10-27)21-45-22-36(23-45)14-18-46(19-15-36)32-13-17-40-31(20-38)44-32;1-2/h1-13,16-17H,14-15,18-19,21-23H2,(H2,39,41);1-2H3. The molecule has 11 heteroatoms. The summed E-state index contributed by atoms with van der Waals surface area (Å²) in [6, 6.07) is 26.4. The summed E-state index contributed by atoms with van der Waals surface area (Å²) < 4.78 is 15.6. The molecule has 6 aromatic rings. The van der Waals surface area contributed by atoms with Crippen LogP contribution in [0.5, 0.6) is 0 Å². The number of nitrogen functional groups attached to an aromatic ring is 1. The van der Waals surface area contributed by atoms with E-state index in [-0.39, 0.29) is 11.6 Å². The van der Waals surface area contributed by atoms with E-state index in [1.807, 2.05) is 54.8 Å². The molecule has 0 aliphatic carbocycles. The van der Waals surface area contributed by atoms with Crippen molar-refractivity contribution in [2.24, 2.45) is 5.41 Å². The van der Waals surface area contributed by atoms with E-state index >= 15 is 0 Å². The molecule has 4 aromatic heterocycles. The molecule has 2 saturated heterocycles. The molecule has 2 aliphatic rings. The molecule has 0 bridgehead atoms. The molecule has 0 radical (unpaired) electrons. The number of imidazole rings is 1. The Morgan fingerprint density at radius 2 is 1.61 bits per heavy atom. The highest BCUT2D eigenvalue weighted by Gasteiger charge is 2.44. The molecule has 0 saturated carbocycles. The Morgan fingerprint density at radius 1 is 0.857 bits per heavy atom. The van der Waals surface area contributed by atoms with Gasteiger partial charge in [-0.25, -0.2) is 29.3 Å². The zero-order valence-electron chi connectivity index (χ0n) is 27.6. The number of aromatic nitrogens is 6. The Bertz CT molecular complexity index is 2120. The summed E-state index contributed by atoms with van der Waals surface area (Å²) in [7, 11) is 0. The van der Waals surface area contributed by atoms with Crippen LogP contribution >= 0.6 is 0 Å². The fourth-order valence-corrected chi connectivity index (χ4v) is 6.90. The number of nitrogens with two attached hydrogens (primary N) is 1. The highest BCUT2D eigenvalue weighted by atomic mass is 19.1.